The highest BCUT2D eigenvalue weighted by molar-refractivity contribution is 6.02. The lowest BCUT2D eigenvalue weighted by Crippen LogP contribution is -2.37. The van der Waals surface area contributed by atoms with Crippen molar-refractivity contribution in [2.75, 3.05) is 0 Å². The molecule has 0 spiro atoms. The van der Waals surface area contributed by atoms with Crippen molar-refractivity contribution in [2.45, 2.75) is 26.0 Å². The first-order chi connectivity index (χ1) is 12.5. The highest BCUT2D eigenvalue weighted by Crippen LogP contribution is 2.16. The van der Waals surface area contributed by atoms with Crippen LogP contribution >= 0.6 is 0 Å². The number of amides is 1. The molecule has 1 heterocycles. The number of H-pyrrole nitrogens is 1. The van der Waals surface area contributed by atoms with E-state index in [0.717, 1.165) is 5.56 Å². The predicted molar refractivity (Wildman–Crippen MR) is 91.7 cm³/mol. The Balaban J connectivity index is 1.64. The number of halogens is 1. The van der Waals surface area contributed by atoms with E-state index in [1.165, 1.54) is 19.1 Å². The van der Waals surface area contributed by atoms with Gasteiger partial charge in [0.2, 0.25) is 0 Å². The summed E-state index contributed by atoms with van der Waals surface area (Å²) in [7, 11) is 0. The zero-order chi connectivity index (χ0) is 18.7. The van der Waals surface area contributed by atoms with E-state index in [1.807, 2.05) is 0 Å². The van der Waals surface area contributed by atoms with Crippen molar-refractivity contribution in [3.8, 4) is 0 Å². The molecule has 3 aromatic rings. The van der Waals surface area contributed by atoms with Crippen LogP contribution in [0.1, 0.15) is 35.8 Å². The fraction of sp³-hybridized carbons (Fsp3) is 0.222. The van der Waals surface area contributed by atoms with E-state index in [1.54, 1.807) is 37.3 Å². The molecule has 3 rings (SSSR count). The quantitative estimate of drug-likeness (QED) is 0.685. The van der Waals surface area contributed by atoms with Gasteiger partial charge in [0, 0.05) is 0 Å². The molecule has 2 aromatic carbocycles. The SMILES string of the molecule is C[C@@H](OC(=O)c1cccc2n[nH]nc12)C(=O)N[C@H](C)c1ccc(F)cc1. The lowest BCUT2D eigenvalue weighted by molar-refractivity contribution is -0.129. The van der Waals surface area contributed by atoms with Crippen LogP contribution in [0.4, 0.5) is 4.39 Å². The lowest BCUT2D eigenvalue weighted by atomic mass is 10.1. The number of carbonyl (C=O) groups excluding carboxylic acids is 2. The molecule has 0 aliphatic heterocycles. The number of ether oxygens (including phenoxy) is 1. The van der Waals surface area contributed by atoms with E-state index < -0.39 is 18.0 Å². The van der Waals surface area contributed by atoms with Crippen LogP contribution in [0.2, 0.25) is 0 Å². The number of carbonyl (C=O) groups is 2. The summed E-state index contributed by atoms with van der Waals surface area (Å²) in [6.07, 6.45) is -1.01. The fourth-order valence-corrected chi connectivity index (χ4v) is 2.48. The zero-order valence-corrected chi connectivity index (χ0v) is 14.2. The molecule has 1 amide bonds. The van der Waals surface area contributed by atoms with Crippen molar-refractivity contribution in [3.63, 3.8) is 0 Å². The van der Waals surface area contributed by atoms with Crippen LogP contribution in [-0.4, -0.2) is 33.4 Å². The second-order valence-corrected chi connectivity index (χ2v) is 5.83. The fourth-order valence-electron chi connectivity index (χ4n) is 2.48. The Morgan fingerprint density at radius 1 is 1.12 bits per heavy atom. The molecule has 0 bridgehead atoms. The van der Waals surface area contributed by atoms with Crippen LogP contribution in [0.15, 0.2) is 42.5 Å². The summed E-state index contributed by atoms with van der Waals surface area (Å²) in [6.45, 7) is 3.24. The second-order valence-electron chi connectivity index (χ2n) is 5.83. The molecule has 0 aliphatic rings. The molecule has 0 aliphatic carbocycles. The smallest absolute Gasteiger partial charge is 0.341 e. The Morgan fingerprint density at radius 2 is 1.85 bits per heavy atom. The number of hydrogen-bond acceptors (Lipinski definition) is 5. The van der Waals surface area contributed by atoms with Crippen LogP contribution in [0.25, 0.3) is 11.0 Å². The van der Waals surface area contributed by atoms with Crippen molar-refractivity contribution in [2.24, 2.45) is 0 Å². The Bertz CT molecular complexity index is 939. The molecular formula is C18H17FN4O3. The number of nitrogens with one attached hydrogen (secondary N) is 2. The van der Waals surface area contributed by atoms with Gasteiger partial charge >= 0.3 is 5.97 Å². The number of hydrogen-bond donors (Lipinski definition) is 2. The molecule has 2 N–H and O–H groups in total. The van der Waals surface area contributed by atoms with E-state index in [4.69, 9.17) is 4.74 Å². The van der Waals surface area contributed by atoms with E-state index in [9.17, 15) is 14.0 Å². The number of rotatable bonds is 5. The van der Waals surface area contributed by atoms with Gasteiger partial charge in [0.1, 0.15) is 16.9 Å². The molecule has 0 unspecified atom stereocenters. The lowest BCUT2D eigenvalue weighted by Gasteiger charge is -2.18. The van der Waals surface area contributed by atoms with Gasteiger partial charge in [-0.15, -0.1) is 0 Å². The summed E-state index contributed by atoms with van der Waals surface area (Å²) >= 11 is 0. The monoisotopic (exact) mass is 356 g/mol. The van der Waals surface area contributed by atoms with Crippen molar-refractivity contribution in [1.29, 1.82) is 0 Å². The van der Waals surface area contributed by atoms with Gasteiger partial charge in [-0.1, -0.05) is 18.2 Å². The molecule has 2 atom stereocenters. The summed E-state index contributed by atoms with van der Waals surface area (Å²) in [5, 5.41) is 13.0. The molecule has 0 fully saturated rings. The molecule has 1 aromatic heterocycles. The summed E-state index contributed by atoms with van der Waals surface area (Å²) in [5.74, 6) is -1.47. The van der Waals surface area contributed by atoms with E-state index in [0.29, 0.717) is 11.0 Å². The second kappa shape index (κ2) is 7.30. The minimum atomic E-state index is -1.01. The third kappa shape index (κ3) is 3.69. The Morgan fingerprint density at radius 3 is 2.58 bits per heavy atom. The van der Waals surface area contributed by atoms with Gasteiger partial charge in [0.15, 0.2) is 6.10 Å². The Hall–Kier alpha value is -3.29. The van der Waals surface area contributed by atoms with Gasteiger partial charge in [-0.25, -0.2) is 9.18 Å². The minimum Gasteiger partial charge on any atom is -0.449 e. The zero-order valence-electron chi connectivity index (χ0n) is 14.2. The first kappa shape index (κ1) is 17.5. The predicted octanol–water partition coefficient (Wildman–Crippen LogP) is 2.52. The Kier molecular flexibility index (Phi) is 4.92. The molecule has 7 nitrogen and oxygen atoms in total. The molecule has 134 valence electrons. The van der Waals surface area contributed by atoms with Crippen molar-refractivity contribution < 1.29 is 18.7 Å². The Labute approximate surface area is 148 Å². The summed E-state index contributed by atoms with van der Waals surface area (Å²) in [6, 6.07) is 10.4. The summed E-state index contributed by atoms with van der Waals surface area (Å²) in [5.41, 5.74) is 1.87. The van der Waals surface area contributed by atoms with Gasteiger partial charge in [-0.05, 0) is 43.7 Å². The largest absolute Gasteiger partial charge is 0.449 e. The van der Waals surface area contributed by atoms with Crippen molar-refractivity contribution >= 4 is 22.9 Å². The average Bonchev–Trinajstić information content (AvgIpc) is 3.10. The van der Waals surface area contributed by atoms with Gasteiger partial charge in [0.05, 0.1) is 11.6 Å². The number of benzene rings is 2. The van der Waals surface area contributed by atoms with Crippen LogP contribution in [0.3, 0.4) is 0 Å². The van der Waals surface area contributed by atoms with Crippen molar-refractivity contribution in [1.82, 2.24) is 20.7 Å². The van der Waals surface area contributed by atoms with Crippen molar-refractivity contribution in [3.05, 3.63) is 59.4 Å². The minimum absolute atomic E-state index is 0.225. The first-order valence-corrected chi connectivity index (χ1v) is 8.02. The van der Waals surface area contributed by atoms with Gasteiger partial charge in [-0.2, -0.15) is 15.4 Å². The average molecular weight is 356 g/mol. The van der Waals surface area contributed by atoms with Gasteiger partial charge in [0.25, 0.3) is 5.91 Å². The summed E-state index contributed by atoms with van der Waals surface area (Å²) < 4.78 is 18.2. The van der Waals surface area contributed by atoms with Gasteiger partial charge in [-0.3, -0.25) is 4.79 Å². The number of para-hydroxylation sites is 1. The maximum Gasteiger partial charge on any atom is 0.341 e. The molecule has 0 saturated heterocycles. The molecule has 8 heteroatoms. The van der Waals surface area contributed by atoms with E-state index in [-0.39, 0.29) is 17.4 Å². The topological polar surface area (TPSA) is 97.0 Å². The maximum absolute atomic E-state index is 13.0. The van der Waals surface area contributed by atoms with Crippen LogP contribution in [-0.2, 0) is 9.53 Å². The standard InChI is InChI=1S/C18H17FN4O3/c1-10(12-6-8-13(19)9-7-12)20-17(24)11(2)26-18(25)14-4-3-5-15-16(14)22-23-21-15/h3-11H,1-2H3,(H,20,24)(H,21,22,23)/t10-,11-/m1/s1. The third-order valence-corrected chi connectivity index (χ3v) is 3.95. The normalized spacial score (nSPS) is 13.2. The molecule has 26 heavy (non-hydrogen) atoms. The van der Waals surface area contributed by atoms with Crippen LogP contribution in [0.5, 0.6) is 0 Å². The molecule has 0 radical (unpaired) electrons. The van der Waals surface area contributed by atoms with E-state index >= 15 is 0 Å². The third-order valence-electron chi connectivity index (χ3n) is 3.95. The highest BCUT2D eigenvalue weighted by Gasteiger charge is 2.22. The number of nitrogens with zero attached hydrogens (tertiary/aromatic N) is 2. The van der Waals surface area contributed by atoms with Gasteiger partial charge < -0.3 is 10.1 Å². The number of fused-ring (bicyclic) bond motifs is 1. The highest BCUT2D eigenvalue weighted by atomic mass is 19.1. The van der Waals surface area contributed by atoms with Crippen LogP contribution in [0, 0.1) is 5.82 Å². The molecular weight excluding hydrogens is 339 g/mol. The number of aromatic nitrogens is 3. The molecule has 0 saturated carbocycles. The number of esters is 1. The number of aromatic amines is 1. The first-order valence-electron chi connectivity index (χ1n) is 8.02. The van der Waals surface area contributed by atoms with Crippen LogP contribution < -0.4 is 5.32 Å². The van der Waals surface area contributed by atoms with E-state index in [2.05, 4.69) is 20.7 Å². The summed E-state index contributed by atoms with van der Waals surface area (Å²) in [4.78, 5) is 24.6. The maximum atomic E-state index is 13.0.